The summed E-state index contributed by atoms with van der Waals surface area (Å²) >= 11 is 5.89. The highest BCUT2D eigenvalue weighted by atomic mass is 35.5. The normalized spacial score (nSPS) is 11.0. The van der Waals surface area contributed by atoms with Gasteiger partial charge in [-0.15, -0.1) is 0 Å². The third kappa shape index (κ3) is 4.81. The monoisotopic (exact) mass is 396 g/mol. The molecule has 3 aromatic rings. The number of amides is 1. The highest BCUT2D eigenvalue weighted by molar-refractivity contribution is 6.30. The number of nitrogens with one attached hydrogen (secondary N) is 1. The highest BCUT2D eigenvalue weighted by Gasteiger charge is 2.09. The lowest BCUT2D eigenvalue weighted by Gasteiger charge is -2.13. The van der Waals surface area contributed by atoms with E-state index in [0.29, 0.717) is 16.5 Å². The van der Waals surface area contributed by atoms with Gasteiger partial charge in [-0.25, -0.2) is 5.43 Å². The molecular weight excluding hydrogens is 376 g/mol. The van der Waals surface area contributed by atoms with Crippen molar-refractivity contribution >= 4 is 23.7 Å². The molecule has 0 saturated carbocycles. The fraction of sp³-hybridized carbons (Fsp3) is 0.182. The van der Waals surface area contributed by atoms with E-state index in [-0.39, 0.29) is 12.5 Å². The van der Waals surface area contributed by atoms with E-state index >= 15 is 0 Å². The molecule has 3 rings (SSSR count). The predicted molar refractivity (Wildman–Crippen MR) is 111 cm³/mol. The molecule has 6 heteroatoms. The summed E-state index contributed by atoms with van der Waals surface area (Å²) in [4.78, 5) is 12.0. The Labute approximate surface area is 169 Å². The molecule has 1 amide bonds. The second-order valence-corrected chi connectivity index (χ2v) is 6.88. The molecular formula is C22H21ClN2O3. The number of hydrazone groups is 1. The largest absolute Gasteiger partial charge is 0.483 e. The molecule has 1 aromatic heterocycles. The zero-order valence-corrected chi connectivity index (χ0v) is 16.7. The minimum absolute atomic E-state index is 0.114. The molecule has 0 fully saturated rings. The van der Waals surface area contributed by atoms with Gasteiger partial charge in [0.1, 0.15) is 17.3 Å². The number of aryl methyl sites for hydroxylation is 2. The van der Waals surface area contributed by atoms with E-state index in [2.05, 4.69) is 10.5 Å². The van der Waals surface area contributed by atoms with Crippen molar-refractivity contribution in [2.24, 2.45) is 5.10 Å². The number of carbonyl (C=O) groups excluding carboxylic acids is 1. The maximum atomic E-state index is 12.0. The molecule has 0 saturated heterocycles. The lowest BCUT2D eigenvalue weighted by atomic mass is 10.1. The molecule has 0 spiro atoms. The Balaban J connectivity index is 1.54. The van der Waals surface area contributed by atoms with Crippen molar-refractivity contribution in [2.45, 2.75) is 20.8 Å². The Morgan fingerprint density at radius 3 is 2.54 bits per heavy atom. The number of hydrogen-bond donors (Lipinski definition) is 1. The quantitative estimate of drug-likeness (QED) is 0.468. The second-order valence-electron chi connectivity index (χ2n) is 6.44. The summed E-state index contributed by atoms with van der Waals surface area (Å²) in [5.74, 6) is 1.61. The van der Waals surface area contributed by atoms with Crippen LogP contribution in [0, 0.1) is 20.8 Å². The van der Waals surface area contributed by atoms with Gasteiger partial charge < -0.3 is 9.15 Å². The third-order valence-corrected chi connectivity index (χ3v) is 4.61. The highest BCUT2D eigenvalue weighted by Crippen LogP contribution is 2.25. The van der Waals surface area contributed by atoms with Gasteiger partial charge in [0.2, 0.25) is 0 Å². The average molecular weight is 397 g/mol. The number of nitrogens with zero attached hydrogens (tertiary/aromatic N) is 1. The van der Waals surface area contributed by atoms with Crippen molar-refractivity contribution in [3.8, 4) is 17.1 Å². The Morgan fingerprint density at radius 2 is 1.79 bits per heavy atom. The minimum atomic E-state index is -0.346. The van der Waals surface area contributed by atoms with Gasteiger partial charge in [-0.2, -0.15) is 5.10 Å². The molecule has 2 aromatic carbocycles. The number of hydrogen-bond acceptors (Lipinski definition) is 4. The van der Waals surface area contributed by atoms with Gasteiger partial charge in [0.25, 0.3) is 5.91 Å². The van der Waals surface area contributed by atoms with E-state index in [9.17, 15) is 4.79 Å². The van der Waals surface area contributed by atoms with Gasteiger partial charge >= 0.3 is 0 Å². The van der Waals surface area contributed by atoms with Crippen LogP contribution in [0.3, 0.4) is 0 Å². The molecule has 0 unspecified atom stereocenters. The number of benzene rings is 2. The van der Waals surface area contributed by atoms with Crippen LogP contribution in [0.4, 0.5) is 0 Å². The molecule has 0 atom stereocenters. The number of carbonyl (C=O) groups is 1. The fourth-order valence-corrected chi connectivity index (χ4v) is 2.80. The summed E-state index contributed by atoms with van der Waals surface area (Å²) in [6.45, 7) is 5.82. The zero-order chi connectivity index (χ0) is 20.1. The first-order chi connectivity index (χ1) is 13.4. The van der Waals surface area contributed by atoms with Crippen LogP contribution in [0.25, 0.3) is 11.3 Å². The smallest absolute Gasteiger partial charge is 0.277 e. The average Bonchev–Trinajstić information content (AvgIpc) is 3.14. The Morgan fingerprint density at radius 1 is 1.07 bits per heavy atom. The van der Waals surface area contributed by atoms with Crippen molar-refractivity contribution in [2.75, 3.05) is 6.61 Å². The first-order valence-electron chi connectivity index (χ1n) is 8.81. The maximum absolute atomic E-state index is 12.0. The Hall–Kier alpha value is -3.05. The summed E-state index contributed by atoms with van der Waals surface area (Å²) in [5.41, 5.74) is 6.49. The fourth-order valence-electron chi connectivity index (χ4n) is 2.68. The van der Waals surface area contributed by atoms with Crippen LogP contribution in [0.2, 0.25) is 5.02 Å². The molecule has 0 bridgehead atoms. The SMILES string of the molecule is Cc1ccc(C)c(OCC(=O)N/N=C/c2ccc(-c3ccc(Cl)cc3)o2)c1C. The number of furan rings is 1. The van der Waals surface area contributed by atoms with E-state index in [1.807, 2.05) is 51.1 Å². The van der Waals surface area contributed by atoms with E-state index in [1.165, 1.54) is 6.21 Å². The van der Waals surface area contributed by atoms with Crippen LogP contribution in [0.1, 0.15) is 22.5 Å². The van der Waals surface area contributed by atoms with Gasteiger partial charge in [0, 0.05) is 10.6 Å². The first kappa shape index (κ1) is 19.7. The lowest BCUT2D eigenvalue weighted by Crippen LogP contribution is -2.25. The number of halogens is 1. The molecule has 0 radical (unpaired) electrons. The van der Waals surface area contributed by atoms with E-state index < -0.39 is 0 Å². The van der Waals surface area contributed by atoms with Crippen molar-refractivity contribution in [3.05, 3.63) is 76.0 Å². The van der Waals surface area contributed by atoms with E-state index in [4.69, 9.17) is 20.8 Å². The zero-order valence-electron chi connectivity index (χ0n) is 16.0. The maximum Gasteiger partial charge on any atom is 0.277 e. The summed E-state index contributed by atoms with van der Waals surface area (Å²) in [6.07, 6.45) is 1.44. The van der Waals surface area contributed by atoms with Crippen molar-refractivity contribution < 1.29 is 13.9 Å². The van der Waals surface area contributed by atoms with Gasteiger partial charge in [-0.05, 0) is 73.9 Å². The predicted octanol–water partition coefficient (Wildman–Crippen LogP) is 5.05. The molecule has 1 heterocycles. The third-order valence-electron chi connectivity index (χ3n) is 4.36. The van der Waals surface area contributed by atoms with Gasteiger partial charge in [0.05, 0.1) is 6.21 Å². The number of ether oxygens (including phenoxy) is 1. The second kappa shape index (κ2) is 8.76. The first-order valence-corrected chi connectivity index (χ1v) is 9.19. The number of rotatable bonds is 6. The molecule has 5 nitrogen and oxygen atoms in total. The summed E-state index contributed by atoms with van der Waals surface area (Å²) < 4.78 is 11.4. The molecule has 0 aliphatic carbocycles. The molecule has 1 N–H and O–H groups in total. The molecule has 0 aliphatic heterocycles. The van der Waals surface area contributed by atoms with Crippen molar-refractivity contribution in [3.63, 3.8) is 0 Å². The lowest BCUT2D eigenvalue weighted by molar-refractivity contribution is -0.123. The van der Waals surface area contributed by atoms with Crippen LogP contribution >= 0.6 is 11.6 Å². The topological polar surface area (TPSA) is 63.8 Å². The van der Waals surface area contributed by atoms with Crippen molar-refractivity contribution in [1.29, 1.82) is 0 Å². The van der Waals surface area contributed by atoms with Crippen LogP contribution < -0.4 is 10.2 Å². The van der Waals surface area contributed by atoms with Gasteiger partial charge in [0.15, 0.2) is 6.61 Å². The Bertz CT molecular complexity index is 1010. The molecule has 144 valence electrons. The summed E-state index contributed by atoms with van der Waals surface area (Å²) in [6, 6.07) is 14.9. The van der Waals surface area contributed by atoms with Gasteiger partial charge in [-0.1, -0.05) is 23.7 Å². The van der Waals surface area contributed by atoms with E-state index in [1.54, 1.807) is 18.2 Å². The minimum Gasteiger partial charge on any atom is -0.483 e. The van der Waals surface area contributed by atoms with Gasteiger partial charge in [-0.3, -0.25) is 4.79 Å². The summed E-state index contributed by atoms with van der Waals surface area (Å²) in [7, 11) is 0. The Kier molecular flexibility index (Phi) is 6.16. The van der Waals surface area contributed by atoms with E-state index in [0.717, 1.165) is 28.0 Å². The molecule has 28 heavy (non-hydrogen) atoms. The van der Waals surface area contributed by atoms with Crippen LogP contribution in [-0.4, -0.2) is 18.7 Å². The van der Waals surface area contributed by atoms with Crippen LogP contribution in [-0.2, 0) is 4.79 Å². The van der Waals surface area contributed by atoms with Crippen LogP contribution in [0.15, 0.2) is 58.0 Å². The van der Waals surface area contributed by atoms with Crippen molar-refractivity contribution in [1.82, 2.24) is 5.43 Å². The van der Waals surface area contributed by atoms with Crippen LogP contribution in [0.5, 0.6) is 5.75 Å². The summed E-state index contributed by atoms with van der Waals surface area (Å²) in [5, 5.41) is 4.58. The standard InChI is InChI=1S/C22H21ClN2O3/c1-14-4-5-15(2)22(16(14)3)27-13-21(26)25-24-12-19-10-11-20(28-19)17-6-8-18(23)9-7-17/h4-12H,13H2,1-3H3,(H,25,26)/b24-12+. The molecule has 0 aliphatic rings.